The molecule has 0 unspecified atom stereocenters. The molecule has 6 heteroatoms. The van der Waals surface area contributed by atoms with Gasteiger partial charge in [0, 0.05) is 42.2 Å². The second-order valence-electron chi connectivity index (χ2n) is 9.11. The van der Waals surface area contributed by atoms with E-state index in [-0.39, 0.29) is 23.3 Å². The maximum absolute atomic E-state index is 13.2. The molecule has 4 rings (SSSR count). The molecule has 0 aromatic heterocycles. The summed E-state index contributed by atoms with van der Waals surface area (Å²) in [7, 11) is 3.19. The van der Waals surface area contributed by atoms with E-state index in [4.69, 9.17) is 9.47 Å². The molecule has 1 aliphatic heterocycles. The Bertz CT molecular complexity index is 1230. The molecule has 36 heavy (non-hydrogen) atoms. The largest absolute Gasteiger partial charge is 0.493 e. The van der Waals surface area contributed by atoms with Crippen LogP contribution in [-0.2, 0) is 0 Å². The first-order chi connectivity index (χ1) is 17.4. The minimum atomic E-state index is -0.340. The second kappa shape index (κ2) is 11.4. The number of benzene rings is 3. The quantitative estimate of drug-likeness (QED) is 0.317. The van der Waals surface area contributed by atoms with Gasteiger partial charge in [-0.2, -0.15) is 0 Å². The lowest BCUT2D eigenvalue weighted by Gasteiger charge is -2.33. The summed E-state index contributed by atoms with van der Waals surface area (Å²) in [5.41, 5.74) is 4.01. The van der Waals surface area contributed by atoms with Crippen molar-refractivity contribution in [1.29, 1.82) is 0 Å². The van der Waals surface area contributed by atoms with E-state index in [1.807, 2.05) is 37.3 Å². The molecule has 0 radical (unpaired) electrons. The van der Waals surface area contributed by atoms with E-state index in [0.29, 0.717) is 29.0 Å². The number of rotatable bonds is 9. The van der Waals surface area contributed by atoms with Crippen molar-refractivity contribution in [3.8, 4) is 22.6 Å². The third-order valence-corrected chi connectivity index (χ3v) is 6.83. The number of carbonyl (C=O) groups is 2. The Hall–Kier alpha value is -3.67. The predicted molar refractivity (Wildman–Crippen MR) is 140 cm³/mol. The van der Waals surface area contributed by atoms with Gasteiger partial charge in [0.15, 0.2) is 23.1 Å². The van der Waals surface area contributed by atoms with Crippen LogP contribution in [0.5, 0.6) is 11.5 Å². The monoisotopic (exact) mass is 489 g/mol. The fraction of sp³-hybridized carbons (Fsp3) is 0.333. The average molecular weight is 490 g/mol. The normalized spacial score (nSPS) is 13.9. The minimum Gasteiger partial charge on any atom is -0.493 e. The maximum Gasteiger partial charge on any atom is 0.166 e. The molecule has 1 fully saturated rings. The van der Waals surface area contributed by atoms with Gasteiger partial charge in [0.05, 0.1) is 14.2 Å². The van der Waals surface area contributed by atoms with Gasteiger partial charge in [0.25, 0.3) is 0 Å². The van der Waals surface area contributed by atoms with Gasteiger partial charge >= 0.3 is 0 Å². The van der Waals surface area contributed by atoms with Gasteiger partial charge in [-0.1, -0.05) is 13.0 Å². The number of ether oxygens (including phenoxy) is 2. The standard InChI is InChI=1S/C30H32FNO4/c1-4-5-27(33)25-12-11-24(19-26(25)22-8-13-28(35-2)29(18-22)36-3)32-16-14-21(15-17-32)30(34)20-6-9-23(31)10-7-20/h6-13,18-19,21H,4-5,14-17H2,1-3H3. The van der Waals surface area contributed by atoms with Crippen LogP contribution < -0.4 is 14.4 Å². The number of methoxy groups -OCH3 is 2. The number of carbonyl (C=O) groups excluding carboxylic acids is 2. The van der Waals surface area contributed by atoms with Crippen LogP contribution in [0.1, 0.15) is 53.3 Å². The number of halogens is 1. The van der Waals surface area contributed by atoms with Crippen LogP contribution in [0.15, 0.2) is 60.7 Å². The molecule has 0 bridgehead atoms. The molecule has 0 aliphatic carbocycles. The van der Waals surface area contributed by atoms with E-state index in [1.165, 1.54) is 12.1 Å². The SMILES string of the molecule is CCCC(=O)c1ccc(N2CCC(C(=O)c3ccc(F)cc3)CC2)cc1-c1ccc(OC)c(OC)c1. The summed E-state index contributed by atoms with van der Waals surface area (Å²) in [6.45, 7) is 3.45. The molecule has 1 aliphatic rings. The summed E-state index contributed by atoms with van der Waals surface area (Å²) < 4.78 is 24.1. The summed E-state index contributed by atoms with van der Waals surface area (Å²) in [6, 6.07) is 17.4. The second-order valence-corrected chi connectivity index (χ2v) is 9.11. The van der Waals surface area contributed by atoms with Crippen LogP contribution in [0, 0.1) is 11.7 Å². The molecule has 5 nitrogen and oxygen atoms in total. The van der Waals surface area contributed by atoms with E-state index in [0.717, 1.165) is 49.2 Å². The number of ketones is 2. The fourth-order valence-corrected chi connectivity index (χ4v) is 4.83. The van der Waals surface area contributed by atoms with Crippen molar-refractivity contribution in [2.75, 3.05) is 32.2 Å². The van der Waals surface area contributed by atoms with Crippen LogP contribution in [0.3, 0.4) is 0 Å². The Morgan fingerprint density at radius 1 is 0.917 bits per heavy atom. The van der Waals surface area contributed by atoms with Crippen LogP contribution >= 0.6 is 0 Å². The van der Waals surface area contributed by atoms with Gasteiger partial charge in [-0.25, -0.2) is 4.39 Å². The van der Waals surface area contributed by atoms with Gasteiger partial charge in [-0.05, 0) is 85.0 Å². The zero-order valence-electron chi connectivity index (χ0n) is 21.1. The van der Waals surface area contributed by atoms with Crippen LogP contribution in [0.2, 0.25) is 0 Å². The Kier molecular flexibility index (Phi) is 8.04. The van der Waals surface area contributed by atoms with Crippen molar-refractivity contribution in [2.45, 2.75) is 32.6 Å². The number of Topliss-reactive ketones (excluding diaryl/α,β-unsaturated/α-hetero) is 2. The minimum absolute atomic E-state index is 0.0705. The lowest BCUT2D eigenvalue weighted by Crippen LogP contribution is -2.36. The lowest BCUT2D eigenvalue weighted by molar-refractivity contribution is 0.0899. The third kappa shape index (κ3) is 5.43. The summed E-state index contributed by atoms with van der Waals surface area (Å²) in [6.07, 6.45) is 2.70. The van der Waals surface area contributed by atoms with Crippen molar-refractivity contribution in [3.63, 3.8) is 0 Å². The lowest BCUT2D eigenvalue weighted by atomic mass is 9.88. The molecule has 1 saturated heterocycles. The van der Waals surface area contributed by atoms with E-state index in [2.05, 4.69) is 11.0 Å². The maximum atomic E-state index is 13.2. The first kappa shape index (κ1) is 25.4. The molecule has 0 N–H and O–H groups in total. The predicted octanol–water partition coefficient (Wildman–Crippen LogP) is 6.59. The van der Waals surface area contributed by atoms with Gasteiger partial charge in [-0.15, -0.1) is 0 Å². The van der Waals surface area contributed by atoms with Crippen molar-refractivity contribution < 1.29 is 23.5 Å². The summed E-state index contributed by atoms with van der Waals surface area (Å²) >= 11 is 0. The Labute approximate surface area is 211 Å². The first-order valence-electron chi connectivity index (χ1n) is 12.4. The van der Waals surface area contributed by atoms with Gasteiger partial charge < -0.3 is 14.4 Å². The zero-order valence-corrected chi connectivity index (χ0v) is 21.1. The first-order valence-corrected chi connectivity index (χ1v) is 12.4. The highest BCUT2D eigenvalue weighted by Crippen LogP contribution is 2.37. The molecule has 1 heterocycles. The van der Waals surface area contributed by atoms with E-state index in [9.17, 15) is 14.0 Å². The number of piperidine rings is 1. The Morgan fingerprint density at radius 2 is 1.61 bits per heavy atom. The number of hydrogen-bond acceptors (Lipinski definition) is 5. The van der Waals surface area contributed by atoms with Gasteiger partial charge in [0.1, 0.15) is 5.82 Å². The molecule has 0 amide bonds. The van der Waals surface area contributed by atoms with Gasteiger partial charge in [-0.3, -0.25) is 9.59 Å². The fourth-order valence-electron chi connectivity index (χ4n) is 4.83. The van der Waals surface area contributed by atoms with Crippen molar-refractivity contribution in [2.24, 2.45) is 5.92 Å². The van der Waals surface area contributed by atoms with E-state index >= 15 is 0 Å². The summed E-state index contributed by atoms with van der Waals surface area (Å²) in [4.78, 5) is 28.1. The molecular weight excluding hydrogens is 457 g/mol. The molecule has 0 atom stereocenters. The molecule has 188 valence electrons. The summed E-state index contributed by atoms with van der Waals surface area (Å²) in [5, 5.41) is 0. The Morgan fingerprint density at radius 3 is 2.25 bits per heavy atom. The van der Waals surface area contributed by atoms with Crippen molar-refractivity contribution in [1.82, 2.24) is 0 Å². The highest BCUT2D eigenvalue weighted by molar-refractivity contribution is 6.03. The highest BCUT2D eigenvalue weighted by Gasteiger charge is 2.27. The number of nitrogens with zero attached hydrogens (tertiary/aromatic N) is 1. The smallest absolute Gasteiger partial charge is 0.166 e. The van der Waals surface area contributed by atoms with Crippen LogP contribution in [0.25, 0.3) is 11.1 Å². The van der Waals surface area contributed by atoms with Crippen molar-refractivity contribution >= 4 is 17.3 Å². The highest BCUT2D eigenvalue weighted by atomic mass is 19.1. The topological polar surface area (TPSA) is 55.8 Å². The molecule has 0 saturated carbocycles. The number of anilines is 1. The third-order valence-electron chi connectivity index (χ3n) is 6.83. The van der Waals surface area contributed by atoms with Crippen LogP contribution in [-0.4, -0.2) is 38.9 Å². The molecule has 3 aromatic carbocycles. The van der Waals surface area contributed by atoms with Gasteiger partial charge in [0.2, 0.25) is 0 Å². The average Bonchev–Trinajstić information content (AvgIpc) is 2.92. The van der Waals surface area contributed by atoms with Crippen LogP contribution in [0.4, 0.5) is 10.1 Å². The summed E-state index contributed by atoms with van der Waals surface area (Å²) in [5.74, 6) is 0.995. The molecular formula is C30H32FNO4. The van der Waals surface area contributed by atoms with E-state index in [1.54, 1.807) is 26.4 Å². The molecule has 3 aromatic rings. The van der Waals surface area contributed by atoms with E-state index < -0.39 is 0 Å². The van der Waals surface area contributed by atoms with Crippen molar-refractivity contribution in [3.05, 3.63) is 77.6 Å². The molecule has 0 spiro atoms. The number of hydrogen-bond donors (Lipinski definition) is 0. The zero-order chi connectivity index (χ0) is 25.7. The Balaban J connectivity index is 1.59.